The van der Waals surface area contributed by atoms with Crippen LogP contribution in [0, 0.1) is 0 Å². The topological polar surface area (TPSA) is 120 Å². The summed E-state index contributed by atoms with van der Waals surface area (Å²) in [4.78, 5) is 28.7. The molecule has 0 atom stereocenters. The van der Waals surface area contributed by atoms with Crippen LogP contribution < -0.4 is 10.9 Å². The number of carbonyl (C=O) groups excluding carboxylic acids is 2. The van der Waals surface area contributed by atoms with E-state index in [1.54, 1.807) is 12.1 Å². The Morgan fingerprint density at radius 2 is 1.81 bits per heavy atom. The Hall–Kier alpha value is -2.69. The second-order valence-electron chi connectivity index (χ2n) is 5.20. The van der Waals surface area contributed by atoms with Gasteiger partial charge in [0.2, 0.25) is 0 Å². The lowest BCUT2D eigenvalue weighted by Crippen LogP contribution is -2.43. The fourth-order valence-electron chi connectivity index (χ4n) is 1.98. The Bertz CT molecular complexity index is 969. The Morgan fingerprint density at radius 3 is 2.48 bits per heavy atom. The fourth-order valence-corrected chi connectivity index (χ4v) is 2.41. The summed E-state index contributed by atoms with van der Waals surface area (Å²) in [6.07, 6.45) is 1.43. The highest BCUT2D eigenvalue weighted by atomic mass is 35.5. The molecule has 27 heavy (non-hydrogen) atoms. The van der Waals surface area contributed by atoms with Gasteiger partial charge in [-0.2, -0.15) is 4.80 Å². The van der Waals surface area contributed by atoms with E-state index in [2.05, 4.69) is 31.2 Å². The lowest BCUT2D eigenvalue weighted by molar-refractivity contribution is -0.122. The van der Waals surface area contributed by atoms with Gasteiger partial charge in [0.1, 0.15) is 11.7 Å². The van der Waals surface area contributed by atoms with Gasteiger partial charge in [0.05, 0.1) is 12.9 Å². The van der Waals surface area contributed by atoms with E-state index in [1.165, 1.54) is 23.0 Å². The van der Waals surface area contributed by atoms with Crippen molar-refractivity contribution in [2.45, 2.75) is 13.1 Å². The van der Waals surface area contributed by atoms with Gasteiger partial charge in [0.25, 0.3) is 11.8 Å². The number of hydrogen-bond acceptors (Lipinski definition) is 6. The predicted octanol–water partition coefficient (Wildman–Crippen LogP) is 1.34. The van der Waals surface area contributed by atoms with E-state index in [-0.39, 0.29) is 23.4 Å². The molecule has 0 bridgehead atoms. The van der Waals surface area contributed by atoms with Crippen LogP contribution in [-0.2, 0) is 17.9 Å². The number of nitrogens with zero attached hydrogens (tertiary/aromatic N) is 6. The Kier molecular flexibility index (Phi) is 5.89. The molecule has 10 nitrogen and oxygen atoms in total. The van der Waals surface area contributed by atoms with E-state index in [0.29, 0.717) is 16.4 Å². The number of tetrazole rings is 1. The van der Waals surface area contributed by atoms with E-state index in [4.69, 9.17) is 34.8 Å². The molecule has 13 heteroatoms. The number of amides is 2. The summed E-state index contributed by atoms with van der Waals surface area (Å²) in [5, 5.41) is 12.5. The third-order valence-electron chi connectivity index (χ3n) is 3.25. The maximum absolute atomic E-state index is 11.9. The lowest BCUT2D eigenvalue weighted by atomic mass is 10.2. The van der Waals surface area contributed by atoms with E-state index < -0.39 is 11.8 Å². The molecule has 0 fully saturated rings. The first-order valence-electron chi connectivity index (χ1n) is 7.40. The van der Waals surface area contributed by atoms with Gasteiger partial charge < -0.3 is 4.57 Å². The monoisotopic (exact) mass is 428 g/mol. The minimum absolute atomic E-state index is 0.167. The molecule has 0 saturated heterocycles. The summed E-state index contributed by atoms with van der Waals surface area (Å²) in [5.74, 6) is -0.715. The van der Waals surface area contributed by atoms with Crippen molar-refractivity contribution in [1.29, 1.82) is 0 Å². The van der Waals surface area contributed by atoms with Crippen LogP contribution >= 0.6 is 34.8 Å². The minimum atomic E-state index is -0.537. The quantitative estimate of drug-likeness (QED) is 0.591. The summed E-state index contributed by atoms with van der Waals surface area (Å²) < 4.78 is 1.53. The molecule has 0 spiro atoms. The predicted molar refractivity (Wildman–Crippen MR) is 96.2 cm³/mol. The molecular formula is C14H11Cl3N8O2. The normalized spacial score (nSPS) is 10.6. The molecule has 2 N–H and O–H groups in total. The molecule has 140 valence electrons. The Morgan fingerprint density at radius 1 is 1.07 bits per heavy atom. The van der Waals surface area contributed by atoms with Gasteiger partial charge >= 0.3 is 0 Å². The molecule has 2 aromatic heterocycles. The van der Waals surface area contributed by atoms with Crippen LogP contribution in [0.25, 0.3) is 0 Å². The third kappa shape index (κ3) is 4.94. The van der Waals surface area contributed by atoms with Gasteiger partial charge in [-0.25, -0.2) is 4.98 Å². The number of carbonyl (C=O) groups is 2. The maximum Gasteiger partial charge on any atom is 0.269 e. The number of imidazole rings is 1. The van der Waals surface area contributed by atoms with Crippen molar-refractivity contribution in [3.63, 3.8) is 0 Å². The number of hydrazine groups is 1. The van der Waals surface area contributed by atoms with E-state index in [1.807, 2.05) is 0 Å². The van der Waals surface area contributed by atoms with Crippen molar-refractivity contribution in [3.8, 4) is 0 Å². The van der Waals surface area contributed by atoms with E-state index in [0.717, 1.165) is 4.80 Å². The van der Waals surface area contributed by atoms with Gasteiger partial charge in [-0.05, 0) is 29.5 Å². The van der Waals surface area contributed by atoms with Gasteiger partial charge in [-0.3, -0.25) is 20.4 Å². The first-order chi connectivity index (χ1) is 12.9. The van der Waals surface area contributed by atoms with Crippen molar-refractivity contribution in [3.05, 3.63) is 57.3 Å². The molecule has 2 heterocycles. The number of halogens is 3. The van der Waals surface area contributed by atoms with Gasteiger partial charge in [0.15, 0.2) is 11.0 Å². The van der Waals surface area contributed by atoms with Crippen LogP contribution in [-0.4, -0.2) is 41.6 Å². The number of aromatic nitrogens is 6. The largest absolute Gasteiger partial charge is 0.312 e. The summed E-state index contributed by atoms with van der Waals surface area (Å²) in [7, 11) is 0. The summed E-state index contributed by atoms with van der Waals surface area (Å²) in [6, 6.07) is 6.20. The zero-order valence-electron chi connectivity index (χ0n) is 13.4. The highest BCUT2D eigenvalue weighted by molar-refractivity contribution is 6.40. The van der Waals surface area contributed by atoms with Gasteiger partial charge in [0, 0.05) is 10.6 Å². The van der Waals surface area contributed by atoms with Gasteiger partial charge in [-0.1, -0.05) is 34.8 Å². The maximum atomic E-state index is 11.9. The number of hydrogen-bond donors (Lipinski definition) is 2. The third-order valence-corrected chi connectivity index (χ3v) is 4.27. The lowest BCUT2D eigenvalue weighted by Gasteiger charge is -2.06. The van der Waals surface area contributed by atoms with Crippen LogP contribution in [0.2, 0.25) is 15.3 Å². The van der Waals surface area contributed by atoms with E-state index in [9.17, 15) is 9.59 Å². The van der Waals surface area contributed by atoms with Crippen LogP contribution in [0.4, 0.5) is 0 Å². The highest BCUT2D eigenvalue weighted by Gasteiger charge is 2.12. The second kappa shape index (κ2) is 8.33. The molecule has 3 rings (SSSR count). The average Bonchev–Trinajstić information content (AvgIpc) is 3.22. The Labute approximate surface area is 167 Å². The van der Waals surface area contributed by atoms with Crippen molar-refractivity contribution in [1.82, 2.24) is 40.6 Å². The zero-order chi connectivity index (χ0) is 19.4. The van der Waals surface area contributed by atoms with Gasteiger partial charge in [-0.15, -0.1) is 10.2 Å². The minimum Gasteiger partial charge on any atom is -0.312 e. The van der Waals surface area contributed by atoms with Crippen molar-refractivity contribution in [2.75, 3.05) is 0 Å². The van der Waals surface area contributed by atoms with Crippen molar-refractivity contribution >= 4 is 46.6 Å². The van der Waals surface area contributed by atoms with Crippen LogP contribution in [0.1, 0.15) is 16.2 Å². The molecule has 0 aliphatic carbocycles. The molecule has 1 aromatic carbocycles. The molecule has 3 aromatic rings. The molecular weight excluding hydrogens is 419 g/mol. The average molecular weight is 430 g/mol. The molecule has 0 aliphatic heterocycles. The van der Waals surface area contributed by atoms with Crippen LogP contribution in [0.3, 0.4) is 0 Å². The standard InChI is InChI=1S/C14H11Cl3N8O2/c15-9-3-1-8(2-4-9)14(27)21-20-11(26)6-25-22-10(19-23-25)5-24-7-18-12(16)13(24)17/h1-4,7H,5-6H2,(H,20,26)(H,21,27). The number of nitrogens with one attached hydrogen (secondary N) is 2. The van der Waals surface area contributed by atoms with Crippen molar-refractivity contribution < 1.29 is 9.59 Å². The smallest absolute Gasteiger partial charge is 0.269 e. The zero-order valence-corrected chi connectivity index (χ0v) is 15.7. The first kappa shape index (κ1) is 19.1. The second-order valence-corrected chi connectivity index (χ2v) is 6.35. The van der Waals surface area contributed by atoms with E-state index >= 15 is 0 Å². The van der Waals surface area contributed by atoms with Crippen LogP contribution in [0.5, 0.6) is 0 Å². The Balaban J connectivity index is 1.51. The highest BCUT2D eigenvalue weighted by Crippen LogP contribution is 2.19. The van der Waals surface area contributed by atoms with Crippen LogP contribution in [0.15, 0.2) is 30.6 Å². The fraction of sp³-hybridized carbons (Fsp3) is 0.143. The molecule has 0 saturated carbocycles. The summed E-state index contributed by atoms with van der Waals surface area (Å²) in [6.45, 7) is -0.0558. The SMILES string of the molecule is O=C(Cn1nnc(Cn2cnc(Cl)c2Cl)n1)NNC(=O)c1ccc(Cl)cc1. The number of rotatable bonds is 5. The molecule has 0 aliphatic rings. The van der Waals surface area contributed by atoms with Crippen molar-refractivity contribution in [2.24, 2.45) is 0 Å². The molecule has 0 unspecified atom stereocenters. The molecule has 0 radical (unpaired) electrons. The summed E-state index contributed by atoms with van der Waals surface area (Å²) >= 11 is 17.5. The number of benzene rings is 1. The summed E-state index contributed by atoms with van der Waals surface area (Å²) in [5.41, 5.74) is 4.89. The first-order valence-corrected chi connectivity index (χ1v) is 8.53. The molecule has 2 amide bonds.